The topological polar surface area (TPSA) is 74.2 Å². The summed E-state index contributed by atoms with van der Waals surface area (Å²) >= 11 is 0. The lowest BCUT2D eigenvalue weighted by Crippen LogP contribution is -2.34. The number of aromatic nitrogens is 2. The Morgan fingerprint density at radius 2 is 2.16 bits per heavy atom. The predicted molar refractivity (Wildman–Crippen MR) is 72.5 cm³/mol. The number of nitrogens with zero attached hydrogens (tertiary/aromatic N) is 2. The van der Waals surface area contributed by atoms with E-state index in [1.807, 2.05) is 0 Å². The molecule has 5 nitrogen and oxygen atoms in total. The van der Waals surface area contributed by atoms with E-state index in [1.165, 1.54) is 0 Å². The lowest BCUT2D eigenvalue weighted by atomic mass is 9.79. The highest BCUT2D eigenvalue weighted by atomic mass is 16.5. The molecule has 19 heavy (non-hydrogen) atoms. The van der Waals surface area contributed by atoms with Gasteiger partial charge in [-0.15, -0.1) is 0 Å². The molecule has 0 bridgehead atoms. The van der Waals surface area contributed by atoms with E-state index in [2.05, 4.69) is 24.0 Å². The third-order valence-corrected chi connectivity index (χ3v) is 4.24. The molecule has 1 aromatic heterocycles. The Bertz CT molecular complexity index is 397. The second kappa shape index (κ2) is 6.01. The maximum Gasteiger partial charge on any atom is 0.243 e. The highest BCUT2D eigenvalue weighted by Gasteiger charge is 2.40. The van der Waals surface area contributed by atoms with Crippen LogP contribution in [0.2, 0.25) is 0 Å². The summed E-state index contributed by atoms with van der Waals surface area (Å²) in [6.07, 6.45) is 6.04. The summed E-state index contributed by atoms with van der Waals surface area (Å²) < 4.78 is 11.1. The molecule has 0 aromatic carbocycles. The second-order valence-corrected chi connectivity index (χ2v) is 5.73. The van der Waals surface area contributed by atoms with Gasteiger partial charge in [-0.25, -0.2) is 0 Å². The van der Waals surface area contributed by atoms with Gasteiger partial charge in [0, 0.05) is 7.11 Å². The summed E-state index contributed by atoms with van der Waals surface area (Å²) in [7, 11) is 1.73. The van der Waals surface area contributed by atoms with Crippen LogP contribution in [0.25, 0.3) is 0 Å². The maximum atomic E-state index is 6.02. The minimum atomic E-state index is -0.375. The quantitative estimate of drug-likeness (QED) is 0.887. The fourth-order valence-corrected chi connectivity index (χ4v) is 2.75. The van der Waals surface area contributed by atoms with E-state index in [-0.39, 0.29) is 11.6 Å². The van der Waals surface area contributed by atoms with Crippen molar-refractivity contribution in [3.05, 3.63) is 11.7 Å². The zero-order valence-corrected chi connectivity index (χ0v) is 12.2. The molecular formula is C14H25N3O2. The van der Waals surface area contributed by atoms with Crippen LogP contribution in [0.3, 0.4) is 0 Å². The van der Waals surface area contributed by atoms with Gasteiger partial charge in [0.15, 0.2) is 0 Å². The number of ether oxygens (including phenoxy) is 1. The fraction of sp³-hybridized carbons (Fsp3) is 0.857. The Balaban J connectivity index is 2.15. The van der Waals surface area contributed by atoms with Crippen LogP contribution in [0.4, 0.5) is 0 Å². The summed E-state index contributed by atoms with van der Waals surface area (Å²) in [4.78, 5) is 4.49. The summed E-state index contributed by atoms with van der Waals surface area (Å²) in [6.45, 7) is 4.37. The largest absolute Gasteiger partial charge is 0.370 e. The Morgan fingerprint density at radius 3 is 2.74 bits per heavy atom. The first kappa shape index (κ1) is 14.5. The molecule has 0 saturated heterocycles. The van der Waals surface area contributed by atoms with E-state index in [0.717, 1.165) is 44.4 Å². The summed E-state index contributed by atoms with van der Waals surface area (Å²) in [5.74, 6) is 1.95. The molecule has 1 aliphatic rings. The van der Waals surface area contributed by atoms with Crippen molar-refractivity contribution in [1.29, 1.82) is 0 Å². The minimum Gasteiger partial charge on any atom is -0.370 e. The van der Waals surface area contributed by atoms with Crippen molar-refractivity contribution in [2.75, 3.05) is 7.11 Å². The zero-order valence-electron chi connectivity index (χ0n) is 12.2. The molecule has 0 radical (unpaired) electrons. The SMILES string of the molecule is CCC[C@@H](N)c1nc(C2(OC)CCC(C)CC2)no1. The Kier molecular flexibility index (Phi) is 4.58. The highest BCUT2D eigenvalue weighted by Crippen LogP contribution is 2.40. The smallest absolute Gasteiger partial charge is 0.243 e. The Hall–Kier alpha value is -0.940. The molecular weight excluding hydrogens is 242 g/mol. The van der Waals surface area contributed by atoms with E-state index in [0.29, 0.717) is 11.7 Å². The molecule has 0 spiro atoms. The molecule has 0 aliphatic heterocycles. The third kappa shape index (κ3) is 2.98. The lowest BCUT2D eigenvalue weighted by Gasteiger charge is -2.35. The molecule has 1 heterocycles. The van der Waals surface area contributed by atoms with Crippen LogP contribution >= 0.6 is 0 Å². The fourth-order valence-electron chi connectivity index (χ4n) is 2.75. The van der Waals surface area contributed by atoms with Crippen LogP contribution in [0.5, 0.6) is 0 Å². The number of nitrogens with two attached hydrogens (primary N) is 1. The van der Waals surface area contributed by atoms with E-state index < -0.39 is 0 Å². The molecule has 108 valence electrons. The monoisotopic (exact) mass is 267 g/mol. The number of rotatable bonds is 5. The van der Waals surface area contributed by atoms with E-state index >= 15 is 0 Å². The van der Waals surface area contributed by atoms with Crippen LogP contribution in [-0.2, 0) is 10.3 Å². The van der Waals surface area contributed by atoms with Gasteiger partial charge in [-0.05, 0) is 38.0 Å². The predicted octanol–water partition coefficient (Wildman–Crippen LogP) is 2.92. The van der Waals surface area contributed by atoms with Gasteiger partial charge >= 0.3 is 0 Å². The number of hydrogen-bond donors (Lipinski definition) is 1. The Morgan fingerprint density at radius 1 is 1.47 bits per heavy atom. The zero-order chi connectivity index (χ0) is 13.9. The van der Waals surface area contributed by atoms with Crippen molar-refractivity contribution in [2.45, 2.75) is 64.0 Å². The average molecular weight is 267 g/mol. The first-order chi connectivity index (χ1) is 9.11. The van der Waals surface area contributed by atoms with Crippen molar-refractivity contribution in [3.63, 3.8) is 0 Å². The Labute approximate surface area is 114 Å². The van der Waals surface area contributed by atoms with Crippen LogP contribution in [0.1, 0.15) is 70.1 Å². The van der Waals surface area contributed by atoms with Gasteiger partial charge in [0.2, 0.25) is 11.7 Å². The molecule has 0 unspecified atom stereocenters. The normalized spacial score (nSPS) is 29.4. The highest BCUT2D eigenvalue weighted by molar-refractivity contribution is 5.05. The van der Waals surface area contributed by atoms with Gasteiger partial charge in [-0.1, -0.05) is 25.4 Å². The molecule has 2 rings (SSSR count). The van der Waals surface area contributed by atoms with Crippen molar-refractivity contribution >= 4 is 0 Å². The molecule has 1 aromatic rings. The summed E-state index contributed by atoms with van der Waals surface area (Å²) in [6, 6.07) is -0.164. The number of hydrogen-bond acceptors (Lipinski definition) is 5. The van der Waals surface area contributed by atoms with Crippen LogP contribution in [0, 0.1) is 5.92 Å². The van der Waals surface area contributed by atoms with Crippen molar-refractivity contribution < 1.29 is 9.26 Å². The van der Waals surface area contributed by atoms with Gasteiger partial charge in [-0.2, -0.15) is 4.98 Å². The molecule has 2 N–H and O–H groups in total. The first-order valence-electron chi connectivity index (χ1n) is 7.26. The molecule has 1 aliphatic carbocycles. The summed E-state index contributed by atoms with van der Waals surface area (Å²) in [5.41, 5.74) is 5.64. The van der Waals surface area contributed by atoms with Gasteiger partial charge < -0.3 is 15.0 Å². The van der Waals surface area contributed by atoms with Gasteiger partial charge in [0.1, 0.15) is 5.60 Å². The first-order valence-corrected chi connectivity index (χ1v) is 7.26. The van der Waals surface area contributed by atoms with Crippen molar-refractivity contribution in [2.24, 2.45) is 11.7 Å². The lowest BCUT2D eigenvalue weighted by molar-refractivity contribution is -0.0609. The summed E-state index contributed by atoms with van der Waals surface area (Å²) in [5, 5.41) is 4.12. The molecule has 1 atom stereocenters. The van der Waals surface area contributed by atoms with Crippen LogP contribution in [-0.4, -0.2) is 17.3 Å². The van der Waals surface area contributed by atoms with E-state index in [1.54, 1.807) is 7.11 Å². The standard InChI is InChI=1S/C14H25N3O2/c1-4-5-11(15)12-16-13(17-19-12)14(18-3)8-6-10(2)7-9-14/h10-11H,4-9,15H2,1-3H3/t10?,11-,14?/m1/s1. The number of methoxy groups -OCH3 is 1. The molecule has 1 saturated carbocycles. The maximum absolute atomic E-state index is 6.02. The van der Waals surface area contributed by atoms with E-state index in [4.69, 9.17) is 15.0 Å². The van der Waals surface area contributed by atoms with Crippen molar-refractivity contribution in [3.8, 4) is 0 Å². The van der Waals surface area contributed by atoms with Crippen molar-refractivity contribution in [1.82, 2.24) is 10.1 Å². The second-order valence-electron chi connectivity index (χ2n) is 5.73. The molecule has 5 heteroatoms. The van der Waals surface area contributed by atoms with Gasteiger partial charge in [0.25, 0.3) is 0 Å². The van der Waals surface area contributed by atoms with Crippen LogP contribution in [0.15, 0.2) is 4.52 Å². The van der Waals surface area contributed by atoms with Gasteiger partial charge in [-0.3, -0.25) is 0 Å². The van der Waals surface area contributed by atoms with Gasteiger partial charge in [0.05, 0.1) is 6.04 Å². The molecule has 0 amide bonds. The molecule has 1 fully saturated rings. The average Bonchev–Trinajstić information content (AvgIpc) is 2.91. The van der Waals surface area contributed by atoms with Crippen LogP contribution < -0.4 is 5.73 Å². The third-order valence-electron chi connectivity index (χ3n) is 4.24. The minimum absolute atomic E-state index is 0.164. The van der Waals surface area contributed by atoms with E-state index in [9.17, 15) is 0 Å².